The van der Waals surface area contributed by atoms with Gasteiger partial charge in [-0.25, -0.2) is 15.0 Å². The predicted molar refractivity (Wildman–Crippen MR) is 101 cm³/mol. The minimum atomic E-state index is -0.169. The van der Waals surface area contributed by atoms with Crippen LogP contribution >= 0.6 is 11.3 Å². The van der Waals surface area contributed by atoms with Crippen molar-refractivity contribution in [3.8, 4) is 28.7 Å². The molecule has 1 N–H and O–H groups in total. The first-order valence-electron chi connectivity index (χ1n) is 8.15. The number of aromatic nitrogens is 5. The summed E-state index contributed by atoms with van der Waals surface area (Å²) in [7, 11) is 1.86. The van der Waals surface area contributed by atoms with Gasteiger partial charge in [0, 0.05) is 48.2 Å². The Kier molecular flexibility index (Phi) is 4.04. The van der Waals surface area contributed by atoms with Gasteiger partial charge in [0.2, 0.25) is 5.88 Å². The topological polar surface area (TPSA) is 85.7 Å². The fourth-order valence-corrected chi connectivity index (χ4v) is 3.59. The van der Waals surface area contributed by atoms with Crippen LogP contribution in [0, 0.1) is 0 Å². The standard InChI is InChI=1S/C18H17N5O2S/c1-10(2)25-13-5-4-11(8-20-13)12-9-26-15-14(12)21-16(22-18(15)24)17-19-6-7-23(17)3/h4-10H,1-3H3,(H,21,22,24). The molecule has 0 aliphatic carbocycles. The van der Waals surface area contributed by atoms with Gasteiger partial charge >= 0.3 is 0 Å². The van der Waals surface area contributed by atoms with E-state index in [2.05, 4.69) is 19.9 Å². The van der Waals surface area contributed by atoms with Crippen LogP contribution in [0.15, 0.2) is 40.9 Å². The van der Waals surface area contributed by atoms with Crippen LogP contribution in [0.4, 0.5) is 0 Å². The van der Waals surface area contributed by atoms with Crippen LogP contribution in [0.1, 0.15) is 13.8 Å². The fraction of sp³-hybridized carbons (Fsp3) is 0.222. The molecule has 0 radical (unpaired) electrons. The number of fused-ring (bicyclic) bond motifs is 1. The summed E-state index contributed by atoms with van der Waals surface area (Å²) >= 11 is 1.37. The first kappa shape index (κ1) is 16.5. The van der Waals surface area contributed by atoms with E-state index < -0.39 is 0 Å². The smallest absolute Gasteiger partial charge is 0.269 e. The Bertz CT molecular complexity index is 1120. The molecule has 4 rings (SSSR count). The molecule has 0 amide bonds. The number of H-pyrrole nitrogens is 1. The van der Waals surface area contributed by atoms with Gasteiger partial charge in [-0.3, -0.25) is 4.79 Å². The lowest BCUT2D eigenvalue weighted by Gasteiger charge is -2.08. The molecule has 132 valence electrons. The SMILES string of the molecule is CC(C)Oc1ccc(-c2csc3c(=O)[nH]c(-c4nccn4C)nc23)cn1. The van der Waals surface area contributed by atoms with Crippen LogP contribution in [0.5, 0.6) is 5.88 Å². The second kappa shape index (κ2) is 6.38. The monoisotopic (exact) mass is 367 g/mol. The highest BCUT2D eigenvalue weighted by atomic mass is 32.1. The highest BCUT2D eigenvalue weighted by Gasteiger charge is 2.15. The van der Waals surface area contributed by atoms with Gasteiger partial charge in [0.15, 0.2) is 11.6 Å². The minimum Gasteiger partial charge on any atom is -0.475 e. The van der Waals surface area contributed by atoms with Crippen molar-refractivity contribution in [3.63, 3.8) is 0 Å². The van der Waals surface area contributed by atoms with Gasteiger partial charge in [0.1, 0.15) is 4.70 Å². The summed E-state index contributed by atoms with van der Waals surface area (Å²) in [5, 5.41) is 1.93. The number of aryl methyl sites for hydroxylation is 1. The molecule has 8 heteroatoms. The number of ether oxygens (including phenoxy) is 1. The number of pyridine rings is 1. The van der Waals surface area contributed by atoms with Crippen LogP contribution in [-0.4, -0.2) is 30.6 Å². The lowest BCUT2D eigenvalue weighted by atomic mass is 10.1. The Balaban J connectivity index is 1.82. The second-order valence-corrected chi connectivity index (χ2v) is 7.03. The van der Waals surface area contributed by atoms with Crippen molar-refractivity contribution in [1.82, 2.24) is 24.5 Å². The van der Waals surface area contributed by atoms with Gasteiger partial charge in [-0.2, -0.15) is 0 Å². The molecule has 26 heavy (non-hydrogen) atoms. The molecule has 4 aromatic heterocycles. The lowest BCUT2D eigenvalue weighted by Crippen LogP contribution is -2.09. The van der Waals surface area contributed by atoms with Crippen molar-refractivity contribution in [1.29, 1.82) is 0 Å². The van der Waals surface area contributed by atoms with Gasteiger partial charge in [-0.1, -0.05) is 0 Å². The Morgan fingerprint density at radius 1 is 1.27 bits per heavy atom. The van der Waals surface area contributed by atoms with Crippen LogP contribution < -0.4 is 10.3 Å². The largest absolute Gasteiger partial charge is 0.475 e. The Morgan fingerprint density at radius 2 is 2.12 bits per heavy atom. The molecule has 0 atom stereocenters. The van der Waals surface area contributed by atoms with Crippen molar-refractivity contribution >= 4 is 21.6 Å². The summed E-state index contributed by atoms with van der Waals surface area (Å²) in [6.07, 6.45) is 5.29. The summed E-state index contributed by atoms with van der Waals surface area (Å²) in [5.41, 5.74) is 2.24. The van der Waals surface area contributed by atoms with E-state index in [1.165, 1.54) is 11.3 Å². The second-order valence-electron chi connectivity index (χ2n) is 6.16. The first-order chi connectivity index (χ1) is 12.5. The maximum absolute atomic E-state index is 12.5. The van der Waals surface area contributed by atoms with E-state index in [4.69, 9.17) is 4.74 Å². The number of imidazole rings is 1. The van der Waals surface area contributed by atoms with E-state index in [0.717, 1.165) is 11.1 Å². The molecule has 0 aliphatic heterocycles. The van der Waals surface area contributed by atoms with E-state index in [9.17, 15) is 4.79 Å². The first-order valence-corrected chi connectivity index (χ1v) is 9.03. The number of rotatable bonds is 4. The van der Waals surface area contributed by atoms with E-state index in [-0.39, 0.29) is 11.7 Å². The number of thiophene rings is 1. The molecular weight excluding hydrogens is 350 g/mol. The third-order valence-electron chi connectivity index (χ3n) is 3.86. The maximum atomic E-state index is 12.5. The van der Waals surface area contributed by atoms with E-state index in [1.807, 2.05) is 49.2 Å². The normalized spacial score (nSPS) is 11.4. The summed E-state index contributed by atoms with van der Waals surface area (Å²) in [6.45, 7) is 3.91. The zero-order chi connectivity index (χ0) is 18.3. The summed E-state index contributed by atoms with van der Waals surface area (Å²) < 4.78 is 7.98. The van der Waals surface area contributed by atoms with Crippen LogP contribution in [0.3, 0.4) is 0 Å². The number of hydrogen-bond acceptors (Lipinski definition) is 6. The van der Waals surface area contributed by atoms with Crippen molar-refractivity contribution in [3.05, 3.63) is 46.5 Å². The zero-order valence-corrected chi connectivity index (χ0v) is 15.4. The Morgan fingerprint density at radius 3 is 2.77 bits per heavy atom. The number of hydrogen-bond donors (Lipinski definition) is 1. The molecule has 0 fully saturated rings. The molecule has 4 heterocycles. The quantitative estimate of drug-likeness (QED) is 0.598. The highest BCUT2D eigenvalue weighted by molar-refractivity contribution is 7.17. The minimum absolute atomic E-state index is 0.0656. The molecule has 0 saturated heterocycles. The van der Waals surface area contributed by atoms with Crippen molar-refractivity contribution in [2.24, 2.45) is 7.05 Å². The van der Waals surface area contributed by atoms with Gasteiger partial charge in [-0.15, -0.1) is 11.3 Å². The van der Waals surface area contributed by atoms with Crippen LogP contribution in [0.2, 0.25) is 0 Å². The Hall–Kier alpha value is -3.00. The van der Waals surface area contributed by atoms with Crippen molar-refractivity contribution in [2.75, 3.05) is 0 Å². The molecule has 0 spiro atoms. The molecule has 0 aliphatic rings. The number of aromatic amines is 1. The molecule has 0 aromatic carbocycles. The maximum Gasteiger partial charge on any atom is 0.269 e. The highest BCUT2D eigenvalue weighted by Crippen LogP contribution is 2.32. The summed E-state index contributed by atoms with van der Waals surface area (Å²) in [5.74, 6) is 1.63. The Labute approximate surface area is 153 Å². The number of nitrogens with zero attached hydrogens (tertiary/aromatic N) is 4. The third kappa shape index (κ3) is 2.88. The van der Waals surface area contributed by atoms with Crippen LogP contribution in [-0.2, 0) is 7.05 Å². The van der Waals surface area contributed by atoms with E-state index >= 15 is 0 Å². The zero-order valence-electron chi connectivity index (χ0n) is 14.6. The molecule has 4 aromatic rings. The fourth-order valence-electron chi connectivity index (χ4n) is 2.68. The van der Waals surface area contributed by atoms with E-state index in [0.29, 0.717) is 27.7 Å². The van der Waals surface area contributed by atoms with E-state index in [1.54, 1.807) is 12.4 Å². The average molecular weight is 367 g/mol. The molecule has 0 bridgehead atoms. The van der Waals surface area contributed by atoms with Crippen molar-refractivity contribution < 1.29 is 4.74 Å². The van der Waals surface area contributed by atoms with Gasteiger partial charge in [0.05, 0.1) is 11.6 Å². The molecular formula is C18H17N5O2S. The van der Waals surface area contributed by atoms with Gasteiger partial charge in [-0.05, 0) is 19.9 Å². The van der Waals surface area contributed by atoms with Gasteiger partial charge in [0.25, 0.3) is 5.56 Å². The summed E-state index contributed by atoms with van der Waals surface area (Å²) in [4.78, 5) is 28.5. The average Bonchev–Trinajstić information content (AvgIpc) is 3.21. The number of nitrogens with one attached hydrogen (secondary N) is 1. The van der Waals surface area contributed by atoms with Crippen molar-refractivity contribution in [2.45, 2.75) is 20.0 Å². The lowest BCUT2D eigenvalue weighted by molar-refractivity contribution is 0.232. The summed E-state index contributed by atoms with van der Waals surface area (Å²) in [6, 6.07) is 3.75. The van der Waals surface area contributed by atoms with Crippen LogP contribution in [0.25, 0.3) is 33.0 Å². The molecule has 0 saturated carbocycles. The molecule has 7 nitrogen and oxygen atoms in total. The third-order valence-corrected chi connectivity index (χ3v) is 4.83. The molecule has 0 unspecified atom stereocenters. The predicted octanol–water partition coefficient (Wildman–Crippen LogP) is 3.23. The van der Waals surface area contributed by atoms with Gasteiger partial charge < -0.3 is 14.3 Å².